The predicted molar refractivity (Wildman–Crippen MR) is 62.9 cm³/mol. The number of hydrogen-bond acceptors (Lipinski definition) is 2. The van der Waals surface area contributed by atoms with Crippen LogP contribution in [0.1, 0.15) is 29.9 Å². The molecule has 1 aromatic carbocycles. The van der Waals surface area contributed by atoms with Gasteiger partial charge in [-0.15, -0.1) is 0 Å². The zero-order valence-electron chi connectivity index (χ0n) is 9.80. The Labute approximate surface area is 100 Å². The van der Waals surface area contributed by atoms with E-state index in [9.17, 15) is 9.90 Å². The van der Waals surface area contributed by atoms with Gasteiger partial charge in [0.25, 0.3) is 0 Å². The second-order valence-corrected chi connectivity index (χ2v) is 5.09. The molecule has 0 spiro atoms. The van der Waals surface area contributed by atoms with Crippen LogP contribution in [0.4, 0.5) is 0 Å². The summed E-state index contributed by atoms with van der Waals surface area (Å²) < 4.78 is 5.76. The molecule has 2 saturated heterocycles. The summed E-state index contributed by atoms with van der Waals surface area (Å²) in [5.74, 6) is -1.05. The lowest BCUT2D eigenvalue weighted by Gasteiger charge is -2.25. The van der Waals surface area contributed by atoms with E-state index in [1.165, 1.54) is 5.56 Å². The Kier molecular flexibility index (Phi) is 2.44. The van der Waals surface area contributed by atoms with Gasteiger partial charge in [-0.05, 0) is 25.3 Å². The van der Waals surface area contributed by atoms with E-state index in [1.807, 2.05) is 31.2 Å². The average Bonchev–Trinajstić information content (AvgIpc) is 2.89. The minimum Gasteiger partial charge on any atom is -0.481 e. The molecular formula is C14H16O3. The lowest BCUT2D eigenvalue weighted by molar-refractivity contribution is -0.143. The lowest BCUT2D eigenvalue weighted by Crippen LogP contribution is -2.31. The van der Waals surface area contributed by atoms with Gasteiger partial charge in [0.15, 0.2) is 0 Å². The van der Waals surface area contributed by atoms with Gasteiger partial charge >= 0.3 is 5.97 Å². The van der Waals surface area contributed by atoms with Crippen molar-refractivity contribution in [3.8, 4) is 0 Å². The normalized spacial score (nSPS) is 35.1. The number of rotatable bonds is 2. The van der Waals surface area contributed by atoms with Crippen LogP contribution in [-0.4, -0.2) is 23.3 Å². The molecule has 1 aromatic rings. The molecule has 4 unspecified atom stereocenters. The van der Waals surface area contributed by atoms with Crippen LogP contribution in [0.25, 0.3) is 0 Å². The van der Waals surface area contributed by atoms with Crippen molar-refractivity contribution >= 4 is 5.97 Å². The van der Waals surface area contributed by atoms with Gasteiger partial charge < -0.3 is 9.84 Å². The molecule has 3 rings (SSSR count). The summed E-state index contributed by atoms with van der Waals surface area (Å²) in [7, 11) is 0. The average molecular weight is 232 g/mol. The van der Waals surface area contributed by atoms with E-state index in [-0.39, 0.29) is 24.0 Å². The van der Waals surface area contributed by atoms with Crippen molar-refractivity contribution < 1.29 is 14.6 Å². The van der Waals surface area contributed by atoms with Crippen LogP contribution in [0.2, 0.25) is 0 Å². The Morgan fingerprint density at radius 3 is 2.53 bits per heavy atom. The van der Waals surface area contributed by atoms with Crippen molar-refractivity contribution in [2.45, 2.75) is 37.9 Å². The summed E-state index contributed by atoms with van der Waals surface area (Å²) >= 11 is 0. The monoisotopic (exact) mass is 232 g/mol. The number of carboxylic acid groups (broad SMARTS) is 1. The van der Waals surface area contributed by atoms with E-state index >= 15 is 0 Å². The highest BCUT2D eigenvalue weighted by molar-refractivity contribution is 5.73. The Morgan fingerprint density at radius 1 is 1.24 bits per heavy atom. The number of aryl methyl sites for hydroxylation is 1. The maximum absolute atomic E-state index is 11.4. The van der Waals surface area contributed by atoms with Crippen molar-refractivity contribution in [3.05, 3.63) is 35.4 Å². The zero-order chi connectivity index (χ0) is 12.0. The predicted octanol–water partition coefficient (Wildman–Crippen LogP) is 2.34. The molecule has 2 aliphatic rings. The largest absolute Gasteiger partial charge is 0.481 e. The summed E-state index contributed by atoms with van der Waals surface area (Å²) in [6, 6.07) is 8.17. The molecule has 2 heterocycles. The maximum Gasteiger partial charge on any atom is 0.309 e. The highest BCUT2D eigenvalue weighted by Crippen LogP contribution is 2.48. The fourth-order valence-electron chi connectivity index (χ4n) is 3.20. The number of benzene rings is 1. The SMILES string of the molecule is Cc1ccc(C2C3CCC(O3)C2C(=O)O)cc1. The lowest BCUT2D eigenvalue weighted by atomic mass is 9.75. The van der Waals surface area contributed by atoms with Gasteiger partial charge in [0, 0.05) is 5.92 Å². The summed E-state index contributed by atoms with van der Waals surface area (Å²) in [4.78, 5) is 11.4. The first-order valence-electron chi connectivity index (χ1n) is 6.11. The number of ether oxygens (including phenoxy) is 1. The molecule has 0 aromatic heterocycles. The number of fused-ring (bicyclic) bond motifs is 2. The molecular weight excluding hydrogens is 216 g/mol. The Balaban J connectivity index is 1.95. The molecule has 3 heteroatoms. The van der Waals surface area contributed by atoms with Crippen molar-refractivity contribution in [1.82, 2.24) is 0 Å². The molecule has 0 aliphatic carbocycles. The van der Waals surface area contributed by atoms with Crippen molar-refractivity contribution in [2.75, 3.05) is 0 Å². The van der Waals surface area contributed by atoms with Gasteiger partial charge in [-0.3, -0.25) is 4.79 Å². The molecule has 0 radical (unpaired) electrons. The molecule has 17 heavy (non-hydrogen) atoms. The molecule has 2 bridgehead atoms. The van der Waals surface area contributed by atoms with Crippen molar-refractivity contribution in [2.24, 2.45) is 5.92 Å². The maximum atomic E-state index is 11.4. The van der Waals surface area contributed by atoms with Crippen LogP contribution in [0.15, 0.2) is 24.3 Å². The van der Waals surface area contributed by atoms with Gasteiger partial charge in [0.2, 0.25) is 0 Å². The molecule has 3 nitrogen and oxygen atoms in total. The van der Waals surface area contributed by atoms with Crippen LogP contribution >= 0.6 is 0 Å². The summed E-state index contributed by atoms with van der Waals surface area (Å²) in [6.07, 6.45) is 1.91. The molecule has 0 saturated carbocycles. The highest BCUT2D eigenvalue weighted by atomic mass is 16.5. The van der Waals surface area contributed by atoms with Crippen molar-refractivity contribution in [3.63, 3.8) is 0 Å². The molecule has 0 amide bonds. The molecule has 2 aliphatic heterocycles. The quantitative estimate of drug-likeness (QED) is 0.851. The van der Waals surface area contributed by atoms with Gasteiger partial charge in [-0.1, -0.05) is 29.8 Å². The van der Waals surface area contributed by atoms with Gasteiger partial charge in [-0.2, -0.15) is 0 Å². The number of hydrogen-bond donors (Lipinski definition) is 1. The standard InChI is InChI=1S/C14H16O3/c1-8-2-4-9(5-3-8)12-10-6-7-11(17-10)13(12)14(15)16/h2-5,10-13H,6-7H2,1H3,(H,15,16). The number of carboxylic acids is 1. The van der Waals surface area contributed by atoms with E-state index < -0.39 is 5.97 Å². The van der Waals surface area contributed by atoms with Crippen LogP contribution in [-0.2, 0) is 9.53 Å². The smallest absolute Gasteiger partial charge is 0.309 e. The Bertz CT molecular complexity index is 437. The molecule has 4 atom stereocenters. The minimum absolute atomic E-state index is 0.0341. The third-order valence-corrected chi connectivity index (χ3v) is 4.02. The third kappa shape index (κ3) is 1.65. The molecule has 1 N–H and O–H groups in total. The minimum atomic E-state index is -0.720. The van der Waals surface area contributed by atoms with Crippen LogP contribution in [0.3, 0.4) is 0 Å². The molecule has 2 fully saturated rings. The summed E-state index contributed by atoms with van der Waals surface area (Å²) in [5, 5.41) is 9.34. The van der Waals surface area contributed by atoms with E-state index in [1.54, 1.807) is 0 Å². The van der Waals surface area contributed by atoms with Gasteiger partial charge in [0.1, 0.15) is 0 Å². The van der Waals surface area contributed by atoms with E-state index in [4.69, 9.17) is 4.74 Å². The van der Waals surface area contributed by atoms with Crippen LogP contribution in [0.5, 0.6) is 0 Å². The van der Waals surface area contributed by atoms with Gasteiger partial charge in [-0.25, -0.2) is 0 Å². The first kappa shape index (κ1) is 10.8. The Morgan fingerprint density at radius 2 is 1.88 bits per heavy atom. The highest BCUT2D eigenvalue weighted by Gasteiger charge is 2.52. The third-order valence-electron chi connectivity index (χ3n) is 4.02. The van der Waals surface area contributed by atoms with Crippen LogP contribution in [0, 0.1) is 12.8 Å². The van der Waals surface area contributed by atoms with Gasteiger partial charge in [0.05, 0.1) is 18.1 Å². The van der Waals surface area contributed by atoms with Crippen molar-refractivity contribution in [1.29, 1.82) is 0 Å². The van der Waals surface area contributed by atoms with Crippen LogP contribution < -0.4 is 0 Å². The summed E-state index contributed by atoms with van der Waals surface area (Å²) in [6.45, 7) is 2.04. The van der Waals surface area contributed by atoms with E-state index in [0.29, 0.717) is 0 Å². The molecule has 90 valence electrons. The van der Waals surface area contributed by atoms with E-state index in [0.717, 1.165) is 18.4 Å². The zero-order valence-corrected chi connectivity index (χ0v) is 9.80. The Hall–Kier alpha value is -1.35. The number of carbonyl (C=O) groups is 1. The fourth-order valence-corrected chi connectivity index (χ4v) is 3.20. The fraction of sp³-hybridized carbons (Fsp3) is 0.500. The topological polar surface area (TPSA) is 46.5 Å². The first-order valence-corrected chi connectivity index (χ1v) is 6.11. The summed E-state index contributed by atoms with van der Waals surface area (Å²) in [5.41, 5.74) is 2.31. The number of aliphatic carboxylic acids is 1. The second-order valence-electron chi connectivity index (χ2n) is 5.09. The first-order chi connectivity index (χ1) is 8.16. The van der Waals surface area contributed by atoms with E-state index in [2.05, 4.69) is 0 Å². The second kappa shape index (κ2) is 3.84.